The SMILES string of the molecule is C1=CC[C]([Pb][C]2=CC=CC2)=C1. The normalized spacial score (nSPS) is 20.7. The van der Waals surface area contributed by atoms with Crippen LogP contribution in [0.1, 0.15) is 12.8 Å². The maximum absolute atomic E-state index is 2.32. The first-order valence-corrected chi connectivity index (χ1v) is 7.82. The van der Waals surface area contributed by atoms with Crippen molar-refractivity contribution in [3.8, 4) is 0 Å². The van der Waals surface area contributed by atoms with Crippen LogP contribution in [0.25, 0.3) is 0 Å². The van der Waals surface area contributed by atoms with Crippen molar-refractivity contribution in [2.45, 2.75) is 12.8 Å². The van der Waals surface area contributed by atoms with Gasteiger partial charge in [-0.3, -0.25) is 0 Å². The van der Waals surface area contributed by atoms with E-state index in [-0.39, 0.29) is 0 Å². The van der Waals surface area contributed by atoms with Crippen LogP contribution in [-0.4, -0.2) is 24.2 Å². The van der Waals surface area contributed by atoms with Crippen LogP contribution in [0.2, 0.25) is 0 Å². The topological polar surface area (TPSA) is 0 Å². The summed E-state index contributed by atoms with van der Waals surface area (Å²) in [6, 6.07) is 0. The molecule has 0 aromatic carbocycles. The number of allylic oxidation sites excluding steroid dienone is 8. The zero-order valence-corrected chi connectivity index (χ0v) is 10.3. The molecule has 11 heavy (non-hydrogen) atoms. The molecule has 2 radical (unpaired) electrons. The van der Waals surface area contributed by atoms with Crippen LogP contribution in [0.3, 0.4) is 0 Å². The molecule has 0 aliphatic heterocycles. The molecule has 2 rings (SSSR count). The molecule has 0 bridgehead atoms. The molecule has 0 aromatic rings. The van der Waals surface area contributed by atoms with Gasteiger partial charge in [0.05, 0.1) is 0 Å². The molecule has 0 amide bonds. The summed E-state index contributed by atoms with van der Waals surface area (Å²) in [5.74, 6) is 0. The van der Waals surface area contributed by atoms with Gasteiger partial charge in [-0.1, -0.05) is 0 Å². The van der Waals surface area contributed by atoms with E-state index in [9.17, 15) is 0 Å². The van der Waals surface area contributed by atoms with Crippen LogP contribution in [0.5, 0.6) is 0 Å². The number of rotatable bonds is 2. The van der Waals surface area contributed by atoms with E-state index in [1.165, 1.54) is 12.8 Å². The van der Waals surface area contributed by atoms with Gasteiger partial charge in [0.2, 0.25) is 0 Å². The van der Waals surface area contributed by atoms with Crippen LogP contribution >= 0.6 is 0 Å². The first kappa shape index (κ1) is 7.53. The van der Waals surface area contributed by atoms with Gasteiger partial charge in [-0.25, -0.2) is 0 Å². The van der Waals surface area contributed by atoms with E-state index in [2.05, 4.69) is 36.5 Å². The van der Waals surface area contributed by atoms with Crippen molar-refractivity contribution in [2.75, 3.05) is 0 Å². The first-order valence-electron chi connectivity index (χ1n) is 3.93. The second-order valence-electron chi connectivity index (χ2n) is 2.77. The molecular formula is C10H10Pb. The van der Waals surface area contributed by atoms with E-state index in [0.29, 0.717) is 0 Å². The maximum atomic E-state index is 2.32. The van der Waals surface area contributed by atoms with Crippen LogP contribution < -0.4 is 0 Å². The zero-order chi connectivity index (χ0) is 7.52. The molecule has 0 nitrogen and oxygen atoms in total. The van der Waals surface area contributed by atoms with Crippen LogP contribution in [0.4, 0.5) is 0 Å². The molecule has 0 aromatic heterocycles. The molecule has 1 heteroatoms. The van der Waals surface area contributed by atoms with Gasteiger partial charge in [-0.15, -0.1) is 0 Å². The molecule has 0 atom stereocenters. The van der Waals surface area contributed by atoms with E-state index in [1.807, 2.05) is 0 Å². The molecule has 0 saturated heterocycles. The Morgan fingerprint density at radius 3 is 1.82 bits per heavy atom. The standard InChI is InChI=1S/2C5H5.Pb/c2*1-2-4-5-3-1;/h2*1-3H,4H2;. The van der Waals surface area contributed by atoms with Gasteiger partial charge < -0.3 is 0 Å². The van der Waals surface area contributed by atoms with Gasteiger partial charge in [0, 0.05) is 0 Å². The second kappa shape index (κ2) is 3.52. The Morgan fingerprint density at radius 2 is 1.45 bits per heavy atom. The predicted molar refractivity (Wildman–Crippen MR) is 49.4 cm³/mol. The summed E-state index contributed by atoms with van der Waals surface area (Å²) >= 11 is -0.526. The van der Waals surface area contributed by atoms with Gasteiger partial charge in [0.25, 0.3) is 0 Å². The average Bonchev–Trinajstić information content (AvgIpc) is 2.60. The van der Waals surface area contributed by atoms with Gasteiger partial charge in [-0.2, -0.15) is 0 Å². The molecule has 0 fully saturated rings. The Morgan fingerprint density at radius 1 is 0.909 bits per heavy atom. The molecule has 0 saturated carbocycles. The van der Waals surface area contributed by atoms with Crippen LogP contribution in [0.15, 0.2) is 42.7 Å². The van der Waals surface area contributed by atoms with Crippen molar-refractivity contribution in [3.63, 3.8) is 0 Å². The fourth-order valence-corrected chi connectivity index (χ4v) is 6.00. The summed E-state index contributed by atoms with van der Waals surface area (Å²) in [7, 11) is 0. The summed E-state index contributed by atoms with van der Waals surface area (Å²) in [5.41, 5.74) is 0. The van der Waals surface area contributed by atoms with Gasteiger partial charge in [0.15, 0.2) is 0 Å². The van der Waals surface area contributed by atoms with Gasteiger partial charge in [-0.05, 0) is 0 Å². The van der Waals surface area contributed by atoms with Gasteiger partial charge in [0.1, 0.15) is 0 Å². The summed E-state index contributed by atoms with van der Waals surface area (Å²) in [5, 5.41) is 0. The third kappa shape index (κ3) is 1.92. The van der Waals surface area contributed by atoms with E-state index in [1.54, 1.807) is 6.26 Å². The molecule has 54 valence electrons. The Bertz CT molecular complexity index is 239. The fourth-order valence-electron chi connectivity index (χ4n) is 1.29. The second-order valence-corrected chi connectivity index (χ2v) is 8.74. The third-order valence-electron chi connectivity index (χ3n) is 1.86. The summed E-state index contributed by atoms with van der Waals surface area (Å²) in [6.07, 6.45) is 16.1. The van der Waals surface area contributed by atoms with E-state index < -0.39 is 24.2 Å². The monoisotopic (exact) mass is 338 g/mol. The van der Waals surface area contributed by atoms with Crippen LogP contribution in [0, 0.1) is 0 Å². The fraction of sp³-hybridized carbons (Fsp3) is 0.200. The molecular weight excluding hydrogens is 327 g/mol. The number of hydrogen-bond acceptors (Lipinski definition) is 0. The minimum atomic E-state index is -0.526. The zero-order valence-electron chi connectivity index (χ0n) is 6.38. The summed E-state index contributed by atoms with van der Waals surface area (Å²) < 4.78 is 3.50. The van der Waals surface area contributed by atoms with E-state index >= 15 is 0 Å². The molecule has 2 aliphatic rings. The van der Waals surface area contributed by atoms with Crippen molar-refractivity contribution >= 4 is 24.2 Å². The Labute approximate surface area is 79.6 Å². The minimum absolute atomic E-state index is 0.526. The molecule has 0 heterocycles. The third-order valence-corrected chi connectivity index (χ3v) is 7.24. The molecule has 2 aliphatic carbocycles. The quantitative estimate of drug-likeness (QED) is 0.679. The van der Waals surface area contributed by atoms with Crippen molar-refractivity contribution in [1.82, 2.24) is 0 Å². The van der Waals surface area contributed by atoms with Crippen molar-refractivity contribution in [2.24, 2.45) is 0 Å². The van der Waals surface area contributed by atoms with Crippen molar-refractivity contribution < 1.29 is 0 Å². The summed E-state index contributed by atoms with van der Waals surface area (Å²) in [6.45, 7) is 0. The Kier molecular flexibility index (Phi) is 2.41. The van der Waals surface area contributed by atoms with Crippen molar-refractivity contribution in [3.05, 3.63) is 42.7 Å². The van der Waals surface area contributed by atoms with E-state index in [0.717, 1.165) is 0 Å². The molecule has 0 N–H and O–H groups in total. The predicted octanol–water partition coefficient (Wildman–Crippen LogP) is 2.38. The number of hydrogen-bond donors (Lipinski definition) is 0. The summed E-state index contributed by atoms with van der Waals surface area (Å²) in [4.78, 5) is 0. The Hall–Kier alpha value is -0.118. The Balaban J connectivity index is 1.91. The van der Waals surface area contributed by atoms with E-state index in [4.69, 9.17) is 0 Å². The molecule has 0 unspecified atom stereocenters. The average molecular weight is 337 g/mol. The van der Waals surface area contributed by atoms with Crippen molar-refractivity contribution in [1.29, 1.82) is 0 Å². The van der Waals surface area contributed by atoms with Crippen LogP contribution in [-0.2, 0) is 0 Å². The molecule has 0 spiro atoms. The first-order chi connectivity index (χ1) is 5.45. The van der Waals surface area contributed by atoms with Gasteiger partial charge >= 0.3 is 79.8 Å².